The Bertz CT molecular complexity index is 418. The fourth-order valence-corrected chi connectivity index (χ4v) is 3.37. The zero-order valence-corrected chi connectivity index (χ0v) is 10.6. The summed E-state index contributed by atoms with van der Waals surface area (Å²) in [4.78, 5) is 18.6. The zero-order valence-electron chi connectivity index (χ0n) is 10.6. The van der Waals surface area contributed by atoms with E-state index in [-0.39, 0.29) is 18.0 Å². The molecule has 1 amide bonds. The number of hydrogen-bond donors (Lipinski definition) is 1. The van der Waals surface area contributed by atoms with Gasteiger partial charge in [-0.1, -0.05) is 6.42 Å². The summed E-state index contributed by atoms with van der Waals surface area (Å²) >= 11 is 0. The molecular formula is C13H19N3O2. The molecule has 2 aliphatic rings. The van der Waals surface area contributed by atoms with E-state index in [4.69, 9.17) is 4.42 Å². The van der Waals surface area contributed by atoms with E-state index in [9.17, 15) is 4.79 Å². The van der Waals surface area contributed by atoms with Crippen molar-refractivity contribution in [3.63, 3.8) is 0 Å². The molecule has 0 bridgehead atoms. The van der Waals surface area contributed by atoms with Gasteiger partial charge in [-0.25, -0.2) is 4.98 Å². The lowest BCUT2D eigenvalue weighted by molar-refractivity contribution is -0.121. The normalized spacial score (nSPS) is 32.4. The van der Waals surface area contributed by atoms with Gasteiger partial charge < -0.3 is 9.73 Å². The maximum atomic E-state index is 12.6. The highest BCUT2D eigenvalue weighted by atomic mass is 16.4. The number of hydrogen-bond acceptors (Lipinski definition) is 4. The first kappa shape index (κ1) is 11.7. The Labute approximate surface area is 107 Å². The molecule has 2 fully saturated rings. The SMILES string of the molecule is CNC1CCC2CCCC2N(c2ncco2)C1=O. The topological polar surface area (TPSA) is 58.4 Å². The molecule has 1 aromatic heterocycles. The standard InChI is InChI=1S/C13H19N3O2/c1-14-10-6-5-9-3-2-4-11(9)16(12(10)17)13-15-7-8-18-13/h7-11,14H,2-6H2,1H3. The number of likely N-dealkylation sites (N-methyl/N-ethyl adjacent to an activating group) is 1. The second-order valence-corrected chi connectivity index (χ2v) is 5.20. The van der Waals surface area contributed by atoms with Gasteiger partial charge >= 0.3 is 6.01 Å². The largest absolute Gasteiger partial charge is 0.432 e. The molecule has 1 aliphatic heterocycles. The first-order chi connectivity index (χ1) is 8.81. The molecular weight excluding hydrogens is 230 g/mol. The Kier molecular flexibility index (Phi) is 3.07. The maximum absolute atomic E-state index is 12.6. The highest BCUT2D eigenvalue weighted by Crippen LogP contribution is 2.38. The van der Waals surface area contributed by atoms with Crippen LogP contribution in [0, 0.1) is 5.92 Å². The molecule has 1 N–H and O–H groups in total. The molecule has 5 heteroatoms. The number of anilines is 1. The van der Waals surface area contributed by atoms with Crippen LogP contribution in [0.4, 0.5) is 6.01 Å². The Morgan fingerprint density at radius 1 is 1.39 bits per heavy atom. The zero-order chi connectivity index (χ0) is 12.5. The third-order valence-corrected chi connectivity index (χ3v) is 4.29. The van der Waals surface area contributed by atoms with Crippen molar-refractivity contribution < 1.29 is 9.21 Å². The second kappa shape index (κ2) is 4.72. The van der Waals surface area contributed by atoms with Gasteiger partial charge in [0.1, 0.15) is 6.26 Å². The first-order valence-corrected chi connectivity index (χ1v) is 6.71. The van der Waals surface area contributed by atoms with Gasteiger partial charge in [0, 0.05) is 6.04 Å². The number of carbonyl (C=O) groups is 1. The first-order valence-electron chi connectivity index (χ1n) is 6.71. The van der Waals surface area contributed by atoms with Crippen molar-refractivity contribution in [3.8, 4) is 0 Å². The Balaban J connectivity index is 1.96. The van der Waals surface area contributed by atoms with Crippen LogP contribution in [0.3, 0.4) is 0 Å². The summed E-state index contributed by atoms with van der Waals surface area (Å²) in [5, 5.41) is 3.11. The summed E-state index contributed by atoms with van der Waals surface area (Å²) in [6.07, 6.45) is 8.63. The van der Waals surface area contributed by atoms with Crippen molar-refractivity contribution in [3.05, 3.63) is 12.5 Å². The molecule has 5 nitrogen and oxygen atoms in total. The minimum atomic E-state index is -0.109. The van der Waals surface area contributed by atoms with Gasteiger partial charge in [0.15, 0.2) is 0 Å². The van der Waals surface area contributed by atoms with Gasteiger partial charge in [-0.3, -0.25) is 9.69 Å². The molecule has 0 aromatic carbocycles. The lowest BCUT2D eigenvalue weighted by Gasteiger charge is -2.28. The van der Waals surface area contributed by atoms with Crippen molar-refractivity contribution in [2.24, 2.45) is 5.92 Å². The Morgan fingerprint density at radius 3 is 3.00 bits per heavy atom. The van der Waals surface area contributed by atoms with E-state index < -0.39 is 0 Å². The van der Waals surface area contributed by atoms with Crippen LogP contribution < -0.4 is 10.2 Å². The lowest BCUT2D eigenvalue weighted by atomic mass is 9.97. The van der Waals surface area contributed by atoms with E-state index in [2.05, 4.69) is 10.3 Å². The highest BCUT2D eigenvalue weighted by Gasteiger charge is 2.42. The van der Waals surface area contributed by atoms with Crippen LogP contribution in [-0.4, -0.2) is 30.0 Å². The third-order valence-electron chi connectivity index (χ3n) is 4.29. The lowest BCUT2D eigenvalue weighted by Crippen LogP contribution is -2.48. The molecule has 3 rings (SSSR count). The molecule has 1 saturated heterocycles. The van der Waals surface area contributed by atoms with Crippen LogP contribution in [0.25, 0.3) is 0 Å². The number of nitrogens with zero attached hydrogens (tertiary/aromatic N) is 2. The molecule has 18 heavy (non-hydrogen) atoms. The van der Waals surface area contributed by atoms with Crippen LogP contribution in [-0.2, 0) is 4.79 Å². The quantitative estimate of drug-likeness (QED) is 0.864. The van der Waals surface area contributed by atoms with Gasteiger partial charge in [-0.15, -0.1) is 0 Å². The predicted molar refractivity (Wildman–Crippen MR) is 67.2 cm³/mol. The summed E-state index contributed by atoms with van der Waals surface area (Å²) < 4.78 is 5.37. The molecule has 0 spiro atoms. The molecule has 0 radical (unpaired) electrons. The molecule has 98 valence electrons. The van der Waals surface area contributed by atoms with Gasteiger partial charge in [0.25, 0.3) is 0 Å². The number of amides is 1. The van der Waals surface area contributed by atoms with E-state index in [1.54, 1.807) is 11.1 Å². The van der Waals surface area contributed by atoms with E-state index >= 15 is 0 Å². The number of carbonyl (C=O) groups excluding carboxylic acids is 1. The van der Waals surface area contributed by atoms with E-state index in [1.807, 2.05) is 7.05 Å². The van der Waals surface area contributed by atoms with Gasteiger partial charge in [-0.2, -0.15) is 0 Å². The summed E-state index contributed by atoms with van der Waals surface area (Å²) in [5.41, 5.74) is 0. The van der Waals surface area contributed by atoms with E-state index in [0.29, 0.717) is 11.9 Å². The minimum Gasteiger partial charge on any atom is -0.432 e. The number of nitrogens with one attached hydrogen (secondary N) is 1. The predicted octanol–water partition coefficient (Wildman–Crippen LogP) is 1.56. The smallest absolute Gasteiger partial charge is 0.304 e. The van der Waals surface area contributed by atoms with Crippen LogP contribution in [0.5, 0.6) is 0 Å². The number of rotatable bonds is 2. The third kappa shape index (κ3) is 1.82. The minimum absolute atomic E-state index is 0.106. The Morgan fingerprint density at radius 2 is 2.28 bits per heavy atom. The van der Waals surface area contributed by atoms with E-state index in [0.717, 1.165) is 19.3 Å². The molecule has 3 unspecified atom stereocenters. The van der Waals surface area contributed by atoms with Crippen molar-refractivity contribution in [1.82, 2.24) is 10.3 Å². The Hall–Kier alpha value is -1.36. The van der Waals surface area contributed by atoms with Gasteiger partial charge in [-0.05, 0) is 38.6 Å². The summed E-state index contributed by atoms with van der Waals surface area (Å²) in [6, 6.07) is 0.621. The average molecular weight is 249 g/mol. The molecule has 1 aliphatic carbocycles. The van der Waals surface area contributed by atoms with Crippen molar-refractivity contribution in [2.45, 2.75) is 44.2 Å². The van der Waals surface area contributed by atoms with Gasteiger partial charge in [0.05, 0.1) is 12.2 Å². The van der Waals surface area contributed by atoms with Crippen LogP contribution in [0.2, 0.25) is 0 Å². The fraction of sp³-hybridized carbons (Fsp3) is 0.692. The number of aromatic nitrogens is 1. The fourth-order valence-electron chi connectivity index (χ4n) is 3.37. The summed E-state index contributed by atoms with van der Waals surface area (Å²) in [6.45, 7) is 0. The monoisotopic (exact) mass is 249 g/mol. The van der Waals surface area contributed by atoms with Crippen LogP contribution >= 0.6 is 0 Å². The summed E-state index contributed by atoms with van der Waals surface area (Å²) in [5.74, 6) is 0.702. The van der Waals surface area contributed by atoms with Crippen molar-refractivity contribution >= 4 is 11.9 Å². The average Bonchev–Trinajstić information content (AvgIpc) is 3.01. The molecule has 3 atom stereocenters. The van der Waals surface area contributed by atoms with Crippen LogP contribution in [0.1, 0.15) is 32.1 Å². The molecule has 1 saturated carbocycles. The van der Waals surface area contributed by atoms with Gasteiger partial charge in [0.2, 0.25) is 5.91 Å². The van der Waals surface area contributed by atoms with Crippen molar-refractivity contribution in [1.29, 1.82) is 0 Å². The number of fused-ring (bicyclic) bond motifs is 1. The highest BCUT2D eigenvalue weighted by molar-refractivity contribution is 5.96. The second-order valence-electron chi connectivity index (χ2n) is 5.20. The molecule has 1 aromatic rings. The van der Waals surface area contributed by atoms with Crippen LogP contribution in [0.15, 0.2) is 16.9 Å². The number of oxazole rings is 1. The summed E-state index contributed by atoms with van der Waals surface area (Å²) in [7, 11) is 1.84. The maximum Gasteiger partial charge on any atom is 0.304 e. The molecule has 2 heterocycles. The van der Waals surface area contributed by atoms with Crippen molar-refractivity contribution in [2.75, 3.05) is 11.9 Å². The van der Waals surface area contributed by atoms with E-state index in [1.165, 1.54) is 19.1 Å².